The maximum absolute atomic E-state index is 13.7. The lowest BCUT2D eigenvalue weighted by atomic mass is 9.97. The van der Waals surface area contributed by atoms with E-state index < -0.39 is 5.82 Å². The average molecular weight is 479 g/mol. The molecule has 0 saturated carbocycles. The molecule has 2 saturated heterocycles. The van der Waals surface area contributed by atoms with Gasteiger partial charge in [-0.05, 0) is 37.1 Å². The molecule has 173 valence electrons. The lowest BCUT2D eigenvalue weighted by Crippen LogP contribution is -2.56. The highest BCUT2D eigenvalue weighted by Gasteiger charge is 2.37. The predicted octanol–water partition coefficient (Wildman–Crippen LogP) is 3.61. The van der Waals surface area contributed by atoms with E-state index in [-0.39, 0.29) is 10.9 Å². The zero-order valence-electron chi connectivity index (χ0n) is 18.3. The summed E-state index contributed by atoms with van der Waals surface area (Å²) in [6.07, 6.45) is 9.07. The van der Waals surface area contributed by atoms with Gasteiger partial charge in [0.2, 0.25) is 0 Å². The number of halogens is 2. The molecule has 0 spiro atoms. The molecule has 0 unspecified atom stereocenters. The highest BCUT2D eigenvalue weighted by atomic mass is 35.5. The molecule has 1 amide bonds. The second-order valence-corrected chi connectivity index (χ2v) is 9.17. The monoisotopic (exact) mass is 478 g/mol. The van der Waals surface area contributed by atoms with Gasteiger partial charge in [0.05, 0.1) is 16.9 Å². The summed E-state index contributed by atoms with van der Waals surface area (Å²) in [5.74, 6) is -0.708. The normalized spacial score (nSPS) is 17.9. The van der Waals surface area contributed by atoms with E-state index in [9.17, 15) is 9.18 Å². The molecule has 5 heterocycles. The summed E-state index contributed by atoms with van der Waals surface area (Å²) in [6, 6.07) is 7.86. The van der Waals surface area contributed by atoms with Gasteiger partial charge >= 0.3 is 0 Å². The molecule has 1 N–H and O–H groups in total. The maximum Gasteiger partial charge on any atom is 0.253 e. The number of aromatic amines is 1. The number of hydrogen-bond acceptors (Lipinski definition) is 5. The van der Waals surface area contributed by atoms with Gasteiger partial charge in [0.25, 0.3) is 5.91 Å². The van der Waals surface area contributed by atoms with Crippen LogP contribution in [0.2, 0.25) is 5.02 Å². The predicted molar refractivity (Wildman–Crippen MR) is 126 cm³/mol. The summed E-state index contributed by atoms with van der Waals surface area (Å²) in [5, 5.41) is 5.56. The van der Waals surface area contributed by atoms with Crippen molar-refractivity contribution in [3.05, 3.63) is 71.6 Å². The number of amides is 1. The Kier molecular flexibility index (Phi) is 5.30. The number of rotatable bonds is 4. The molecule has 10 heteroatoms. The molecule has 2 fully saturated rings. The first-order valence-corrected chi connectivity index (χ1v) is 11.6. The van der Waals surface area contributed by atoms with Crippen LogP contribution in [0.3, 0.4) is 0 Å². The number of piperidine rings is 1. The van der Waals surface area contributed by atoms with Crippen molar-refractivity contribution in [2.24, 2.45) is 0 Å². The highest BCUT2D eigenvalue weighted by Crippen LogP contribution is 2.30. The minimum atomic E-state index is -0.565. The lowest BCUT2D eigenvalue weighted by molar-refractivity contribution is 0.0514. The lowest BCUT2D eigenvalue weighted by Gasteiger charge is -2.46. The van der Waals surface area contributed by atoms with E-state index in [1.54, 1.807) is 17.3 Å². The number of aromatic nitrogens is 5. The summed E-state index contributed by atoms with van der Waals surface area (Å²) in [4.78, 5) is 28.7. The molecule has 0 atom stereocenters. The number of nitrogens with zero attached hydrogens (tertiary/aromatic N) is 6. The third-order valence-electron chi connectivity index (χ3n) is 6.74. The van der Waals surface area contributed by atoms with Crippen LogP contribution in [0.25, 0.3) is 22.3 Å². The van der Waals surface area contributed by atoms with Gasteiger partial charge in [-0.25, -0.2) is 14.4 Å². The van der Waals surface area contributed by atoms with Crippen molar-refractivity contribution in [3.63, 3.8) is 0 Å². The van der Waals surface area contributed by atoms with Gasteiger partial charge in [0.1, 0.15) is 23.8 Å². The quantitative estimate of drug-likeness (QED) is 0.484. The fraction of sp³-hybridized carbons (Fsp3) is 0.292. The Labute approximate surface area is 200 Å². The van der Waals surface area contributed by atoms with Crippen molar-refractivity contribution in [3.8, 4) is 11.3 Å². The molecule has 6 rings (SSSR count). The van der Waals surface area contributed by atoms with Gasteiger partial charge in [-0.3, -0.25) is 14.4 Å². The third kappa shape index (κ3) is 3.74. The van der Waals surface area contributed by atoms with Gasteiger partial charge in [-0.15, -0.1) is 0 Å². The Morgan fingerprint density at radius 1 is 1.15 bits per heavy atom. The standard InChI is InChI=1S/C24H22ClFN7O/c25-20-2-1-15(9-21(20)26)24(34)31-7-4-17(5-8-31)32-12-18(13-32)33-11-16(10-30-33)22-19-3-6-27-23(19)29-14-28-22/h1-3,6,9-11,14,17H,4-5,7-8,12-13H2,(H,27,28,29). The Morgan fingerprint density at radius 2 is 1.97 bits per heavy atom. The summed E-state index contributed by atoms with van der Waals surface area (Å²) >= 11 is 5.73. The number of carbonyl (C=O) groups is 1. The Balaban J connectivity index is 1.05. The molecule has 0 bridgehead atoms. The molecule has 2 aliphatic rings. The van der Waals surface area contributed by atoms with Crippen molar-refractivity contribution in [1.29, 1.82) is 0 Å². The average Bonchev–Trinajstić information content (AvgIpc) is 3.50. The van der Waals surface area contributed by atoms with Crippen LogP contribution in [0, 0.1) is 11.9 Å². The van der Waals surface area contributed by atoms with Crippen LogP contribution in [0.5, 0.6) is 0 Å². The first-order valence-electron chi connectivity index (χ1n) is 11.2. The SMILES string of the molecule is O=C(c1ccc(Cl)c(F)c1)N1CCC(N2C[C](n3cc(-c4ncnc5[nH]ccc45)cn3)C2)CC1. The van der Waals surface area contributed by atoms with E-state index in [0.717, 1.165) is 48.2 Å². The van der Waals surface area contributed by atoms with E-state index in [1.807, 2.05) is 29.3 Å². The summed E-state index contributed by atoms with van der Waals surface area (Å²) in [5.41, 5.74) is 2.98. The zero-order chi connectivity index (χ0) is 23.2. The van der Waals surface area contributed by atoms with Crippen LogP contribution < -0.4 is 0 Å². The third-order valence-corrected chi connectivity index (χ3v) is 7.05. The second-order valence-electron chi connectivity index (χ2n) is 8.76. The van der Waals surface area contributed by atoms with Crippen LogP contribution >= 0.6 is 11.6 Å². The zero-order valence-corrected chi connectivity index (χ0v) is 19.0. The largest absolute Gasteiger partial charge is 0.346 e. The van der Waals surface area contributed by atoms with E-state index in [0.29, 0.717) is 24.7 Å². The fourth-order valence-electron chi connectivity index (χ4n) is 4.79. The molecule has 34 heavy (non-hydrogen) atoms. The molecule has 1 aromatic carbocycles. The first-order chi connectivity index (χ1) is 16.6. The van der Waals surface area contributed by atoms with Crippen molar-refractivity contribution in [2.75, 3.05) is 26.2 Å². The minimum Gasteiger partial charge on any atom is -0.346 e. The number of likely N-dealkylation sites (tertiary alicyclic amines) is 2. The van der Waals surface area contributed by atoms with Crippen molar-refractivity contribution in [2.45, 2.75) is 18.9 Å². The maximum atomic E-state index is 13.7. The summed E-state index contributed by atoms with van der Waals surface area (Å²) < 4.78 is 15.7. The summed E-state index contributed by atoms with van der Waals surface area (Å²) in [6.45, 7) is 3.02. The highest BCUT2D eigenvalue weighted by molar-refractivity contribution is 6.30. The number of hydrogen-bond donors (Lipinski definition) is 1. The molecule has 8 nitrogen and oxygen atoms in total. The minimum absolute atomic E-state index is 0.0270. The smallest absolute Gasteiger partial charge is 0.253 e. The van der Waals surface area contributed by atoms with E-state index in [2.05, 4.69) is 25.0 Å². The molecule has 3 aromatic heterocycles. The van der Waals surface area contributed by atoms with Crippen LogP contribution in [0.4, 0.5) is 4.39 Å². The van der Waals surface area contributed by atoms with Gasteiger partial charge in [0, 0.05) is 61.1 Å². The van der Waals surface area contributed by atoms with Gasteiger partial charge in [-0.2, -0.15) is 5.10 Å². The van der Waals surface area contributed by atoms with Crippen molar-refractivity contribution < 1.29 is 9.18 Å². The van der Waals surface area contributed by atoms with Crippen LogP contribution in [-0.4, -0.2) is 72.7 Å². The van der Waals surface area contributed by atoms with Crippen LogP contribution in [0.15, 0.2) is 49.2 Å². The van der Waals surface area contributed by atoms with Gasteiger partial charge in [-0.1, -0.05) is 11.6 Å². The molecular formula is C24H22ClFN7O. The van der Waals surface area contributed by atoms with Gasteiger partial charge in [0.15, 0.2) is 0 Å². The van der Waals surface area contributed by atoms with Crippen LogP contribution in [0.1, 0.15) is 23.2 Å². The van der Waals surface area contributed by atoms with Gasteiger partial charge < -0.3 is 9.88 Å². The number of H-pyrrole nitrogens is 1. The van der Waals surface area contributed by atoms with Crippen LogP contribution in [-0.2, 0) is 0 Å². The number of benzene rings is 1. The second kappa shape index (κ2) is 8.48. The number of nitrogens with one attached hydrogen (secondary N) is 1. The van der Waals surface area contributed by atoms with Crippen molar-refractivity contribution in [1.82, 2.24) is 34.5 Å². The first kappa shape index (κ1) is 21.2. The molecule has 0 aliphatic carbocycles. The number of fused-ring (bicyclic) bond motifs is 1. The van der Waals surface area contributed by atoms with E-state index in [4.69, 9.17) is 11.6 Å². The molecule has 1 radical (unpaired) electrons. The fourth-order valence-corrected chi connectivity index (χ4v) is 4.91. The van der Waals surface area contributed by atoms with Crippen molar-refractivity contribution >= 4 is 28.5 Å². The summed E-state index contributed by atoms with van der Waals surface area (Å²) in [7, 11) is 0. The Morgan fingerprint density at radius 3 is 2.76 bits per heavy atom. The molecule has 4 aromatic rings. The number of carbonyl (C=O) groups excluding carboxylic acids is 1. The van der Waals surface area contributed by atoms with E-state index in [1.165, 1.54) is 18.2 Å². The van der Waals surface area contributed by atoms with E-state index >= 15 is 0 Å². The topological polar surface area (TPSA) is 82.9 Å². The molecular weight excluding hydrogens is 457 g/mol. The Bertz CT molecular complexity index is 1350. The molecule has 2 aliphatic heterocycles. The Hall–Kier alpha value is -3.30.